The van der Waals surface area contributed by atoms with Crippen LogP contribution in [-0.2, 0) is 10.2 Å². The fourth-order valence-corrected chi connectivity index (χ4v) is 7.13. The van der Waals surface area contributed by atoms with Crippen LogP contribution in [0.1, 0.15) is 51.2 Å². The van der Waals surface area contributed by atoms with Gasteiger partial charge in [0.05, 0.1) is 22.3 Å². The van der Waals surface area contributed by atoms with Crippen molar-refractivity contribution in [3.05, 3.63) is 116 Å². The molecule has 1 spiro atoms. The lowest BCUT2D eigenvalue weighted by Gasteiger charge is -2.51. The zero-order valence-corrected chi connectivity index (χ0v) is 21.8. The van der Waals surface area contributed by atoms with Gasteiger partial charge in [-0.15, -0.1) is 0 Å². The molecule has 0 radical (unpaired) electrons. The molecule has 1 aromatic heterocycles. The molecular formula is C30H21ClN2O7. The van der Waals surface area contributed by atoms with Crippen LogP contribution in [0, 0.1) is 23.0 Å². The Kier molecular flexibility index (Phi) is 5.37. The fourth-order valence-electron chi connectivity index (χ4n) is 6.88. The minimum absolute atomic E-state index is 0.0496. The van der Waals surface area contributed by atoms with Gasteiger partial charge in [0.15, 0.2) is 11.5 Å². The molecule has 0 saturated heterocycles. The molecule has 0 N–H and O–H groups in total. The molecule has 7 rings (SSSR count). The summed E-state index contributed by atoms with van der Waals surface area (Å²) >= 11 is 6.80. The first-order chi connectivity index (χ1) is 19.3. The van der Waals surface area contributed by atoms with Crippen LogP contribution >= 0.6 is 11.6 Å². The minimum Gasteiger partial charge on any atom is -0.488 e. The normalized spacial score (nSPS) is 26.4. The first-order valence-corrected chi connectivity index (χ1v) is 13.2. The number of ether oxygens (including phenoxy) is 2. The Morgan fingerprint density at radius 2 is 1.70 bits per heavy atom. The van der Waals surface area contributed by atoms with Crippen molar-refractivity contribution in [1.82, 2.24) is 5.16 Å². The summed E-state index contributed by atoms with van der Waals surface area (Å²) in [5.41, 5.74) is -0.151. The number of carbonyl (C=O) groups excluding carboxylic acids is 2. The number of ketones is 1. The smallest absolute Gasteiger partial charge is 0.334 e. The monoisotopic (exact) mass is 556 g/mol. The van der Waals surface area contributed by atoms with E-state index in [1.165, 1.54) is 6.92 Å². The van der Waals surface area contributed by atoms with Crippen LogP contribution in [0.25, 0.3) is 0 Å². The number of para-hydroxylation sites is 2. The molecule has 0 bridgehead atoms. The lowest BCUT2D eigenvalue weighted by atomic mass is 9.52. The Balaban J connectivity index is 1.58. The third kappa shape index (κ3) is 3.24. The molecule has 1 saturated carbocycles. The topological polar surface area (TPSA) is 122 Å². The van der Waals surface area contributed by atoms with E-state index in [2.05, 4.69) is 5.16 Å². The highest BCUT2D eigenvalue weighted by molar-refractivity contribution is 6.31. The van der Waals surface area contributed by atoms with Gasteiger partial charge in [-0.05, 0) is 43.2 Å². The van der Waals surface area contributed by atoms with Crippen molar-refractivity contribution in [2.45, 2.75) is 36.7 Å². The summed E-state index contributed by atoms with van der Waals surface area (Å²) in [7, 11) is 0. The molecule has 3 heterocycles. The largest absolute Gasteiger partial charge is 0.488 e. The van der Waals surface area contributed by atoms with Gasteiger partial charge in [-0.3, -0.25) is 19.7 Å². The van der Waals surface area contributed by atoms with E-state index in [0.29, 0.717) is 33.2 Å². The van der Waals surface area contributed by atoms with Crippen molar-refractivity contribution < 1.29 is 28.5 Å². The second-order valence-corrected chi connectivity index (χ2v) is 10.8. The number of benzene rings is 3. The Morgan fingerprint density at radius 3 is 2.48 bits per heavy atom. The molecule has 1 aliphatic carbocycles. The molecule has 3 aromatic carbocycles. The molecule has 0 amide bonds. The number of esters is 1. The summed E-state index contributed by atoms with van der Waals surface area (Å²) in [6, 6.07) is 20.9. The van der Waals surface area contributed by atoms with Gasteiger partial charge >= 0.3 is 11.7 Å². The predicted molar refractivity (Wildman–Crippen MR) is 142 cm³/mol. The summed E-state index contributed by atoms with van der Waals surface area (Å²) in [6.07, 6.45) is -0.866. The maximum Gasteiger partial charge on any atom is 0.334 e. The van der Waals surface area contributed by atoms with Crippen LogP contribution in [0.5, 0.6) is 11.5 Å². The first kappa shape index (κ1) is 24.5. The van der Waals surface area contributed by atoms with Crippen molar-refractivity contribution in [3.63, 3.8) is 0 Å². The second kappa shape index (κ2) is 8.76. The molecule has 2 aliphatic heterocycles. The van der Waals surface area contributed by atoms with Crippen LogP contribution in [0.4, 0.5) is 5.69 Å². The maximum atomic E-state index is 14.1. The second-order valence-electron chi connectivity index (χ2n) is 10.4. The fraction of sp³-hybridized carbons (Fsp3) is 0.233. The van der Waals surface area contributed by atoms with Gasteiger partial charge in [-0.1, -0.05) is 65.3 Å². The highest BCUT2D eigenvalue weighted by Crippen LogP contribution is 2.64. The minimum atomic E-state index is -1.42. The molecule has 9 nitrogen and oxygen atoms in total. The summed E-state index contributed by atoms with van der Waals surface area (Å²) in [6.45, 7) is 1.48. The first-order valence-electron chi connectivity index (χ1n) is 12.8. The summed E-state index contributed by atoms with van der Waals surface area (Å²) in [5, 5.41) is 16.6. The third-order valence-corrected chi connectivity index (χ3v) is 8.80. The van der Waals surface area contributed by atoms with Crippen LogP contribution in [0.2, 0.25) is 5.02 Å². The number of nitrogens with zero attached hydrogens (tertiary/aromatic N) is 2. The molecule has 0 unspecified atom stereocenters. The van der Waals surface area contributed by atoms with Gasteiger partial charge in [0.25, 0.3) is 0 Å². The predicted octanol–water partition coefficient (Wildman–Crippen LogP) is 5.93. The zero-order chi connectivity index (χ0) is 27.8. The summed E-state index contributed by atoms with van der Waals surface area (Å²) in [4.78, 5) is 40.0. The van der Waals surface area contributed by atoms with Crippen LogP contribution in [-0.4, -0.2) is 27.9 Å². The van der Waals surface area contributed by atoms with Gasteiger partial charge in [0.2, 0.25) is 5.76 Å². The van der Waals surface area contributed by atoms with Crippen molar-refractivity contribution in [2.24, 2.45) is 5.92 Å². The Labute approximate surface area is 232 Å². The maximum absolute atomic E-state index is 14.1. The Morgan fingerprint density at radius 1 is 1.00 bits per heavy atom. The Hall–Kier alpha value is -4.50. The number of halogens is 1. The van der Waals surface area contributed by atoms with Crippen molar-refractivity contribution in [3.8, 4) is 11.5 Å². The third-order valence-electron chi connectivity index (χ3n) is 8.45. The number of fused-ring (bicyclic) bond motifs is 4. The van der Waals surface area contributed by atoms with Gasteiger partial charge in [-0.2, -0.15) is 0 Å². The van der Waals surface area contributed by atoms with Crippen molar-refractivity contribution in [2.75, 3.05) is 0 Å². The molecule has 200 valence electrons. The van der Waals surface area contributed by atoms with E-state index >= 15 is 0 Å². The number of Topliss-reactive ketones (excluding diaryl/α,β-unsaturated/α-hetero) is 1. The van der Waals surface area contributed by atoms with Gasteiger partial charge in [0, 0.05) is 16.5 Å². The van der Waals surface area contributed by atoms with E-state index in [1.54, 1.807) is 72.8 Å². The highest BCUT2D eigenvalue weighted by Gasteiger charge is 2.67. The summed E-state index contributed by atoms with van der Waals surface area (Å²) < 4.78 is 18.0. The molecular weight excluding hydrogens is 536 g/mol. The van der Waals surface area contributed by atoms with Gasteiger partial charge in [-0.25, -0.2) is 0 Å². The van der Waals surface area contributed by atoms with E-state index in [9.17, 15) is 19.7 Å². The number of hydrogen-bond donors (Lipinski definition) is 0. The SMILES string of the molecule is Cc1noc([C@H]2[C@@H]3Oc4ccccc4C(=O)[C@H]3C[C@]3(C(=O)Oc4ccccc43)[C@@H]2c2ccccc2Cl)c1[N+](=O)[O-]. The van der Waals surface area contributed by atoms with E-state index in [1.807, 2.05) is 0 Å². The molecule has 1 fully saturated rings. The molecule has 4 aromatic rings. The molecule has 5 atom stereocenters. The van der Waals surface area contributed by atoms with Crippen LogP contribution < -0.4 is 9.47 Å². The van der Waals surface area contributed by atoms with E-state index in [4.69, 9.17) is 25.6 Å². The number of nitro groups is 1. The molecule has 10 heteroatoms. The summed E-state index contributed by atoms with van der Waals surface area (Å²) in [5.74, 6) is -2.83. The van der Waals surface area contributed by atoms with Gasteiger partial charge in [0.1, 0.15) is 23.0 Å². The number of hydrogen-bond acceptors (Lipinski definition) is 8. The van der Waals surface area contributed by atoms with Gasteiger partial charge < -0.3 is 14.0 Å². The van der Waals surface area contributed by atoms with Crippen molar-refractivity contribution in [1.29, 1.82) is 0 Å². The van der Waals surface area contributed by atoms with Crippen LogP contribution in [0.3, 0.4) is 0 Å². The average Bonchev–Trinajstić information content (AvgIpc) is 3.46. The van der Waals surface area contributed by atoms with E-state index in [0.717, 1.165) is 0 Å². The number of rotatable bonds is 3. The number of aryl methyl sites for hydroxylation is 1. The van der Waals surface area contributed by atoms with Crippen molar-refractivity contribution >= 4 is 29.0 Å². The lowest BCUT2D eigenvalue weighted by Crippen LogP contribution is -2.57. The van der Waals surface area contributed by atoms with E-state index in [-0.39, 0.29) is 29.3 Å². The van der Waals surface area contributed by atoms with Crippen LogP contribution in [0.15, 0.2) is 77.3 Å². The number of aromatic nitrogens is 1. The molecule has 3 aliphatic rings. The zero-order valence-electron chi connectivity index (χ0n) is 21.1. The standard InChI is InChI=1S/C30H21ClN2O7/c1-15-25(33(36)37)28(40-32-15)23-24(16-8-2-5-11-20(16)31)30(19-10-4-7-13-22(19)39-29(30)35)14-18-26(34)17-9-3-6-12-21(17)38-27(18)23/h2-13,18,23-24,27H,14H2,1H3/t18-,23-,24-,27-,30-/m1/s1. The lowest BCUT2D eigenvalue weighted by molar-refractivity contribution is -0.387. The van der Waals surface area contributed by atoms with E-state index < -0.39 is 40.2 Å². The number of carbonyl (C=O) groups is 2. The Bertz CT molecular complexity index is 1730. The average molecular weight is 557 g/mol. The molecule has 40 heavy (non-hydrogen) atoms. The quantitative estimate of drug-likeness (QED) is 0.132. The highest BCUT2D eigenvalue weighted by atomic mass is 35.5.